The predicted molar refractivity (Wildman–Crippen MR) is 78.3 cm³/mol. The van der Waals surface area contributed by atoms with Crippen LogP contribution in [-0.4, -0.2) is 12.4 Å². The fraction of sp³-hybridized carbons (Fsp3) is 0.0556. The molecule has 2 aromatic carbocycles. The van der Waals surface area contributed by atoms with Gasteiger partial charge in [0.15, 0.2) is 0 Å². The number of hydrogen-bond acceptors (Lipinski definition) is 2. The van der Waals surface area contributed by atoms with Gasteiger partial charge in [0.1, 0.15) is 12.4 Å². The molecule has 0 saturated carbocycles. The van der Waals surface area contributed by atoms with Gasteiger partial charge in [0, 0.05) is 5.56 Å². The molecule has 20 heavy (non-hydrogen) atoms. The number of carbonyl (C=O) groups is 1. The molecule has 0 radical (unpaired) electrons. The van der Waals surface area contributed by atoms with Crippen molar-refractivity contribution in [1.82, 2.24) is 0 Å². The molecule has 0 spiro atoms. The van der Waals surface area contributed by atoms with E-state index in [9.17, 15) is 4.79 Å². The summed E-state index contributed by atoms with van der Waals surface area (Å²) in [5.74, 6) is 10.9. The van der Waals surface area contributed by atoms with Crippen molar-refractivity contribution in [2.75, 3.05) is 6.61 Å². The van der Waals surface area contributed by atoms with Crippen molar-refractivity contribution in [2.24, 2.45) is 0 Å². The van der Waals surface area contributed by atoms with Crippen molar-refractivity contribution in [2.45, 2.75) is 0 Å². The van der Waals surface area contributed by atoms with E-state index in [0.717, 1.165) is 5.75 Å². The first-order valence-corrected chi connectivity index (χ1v) is 6.12. The monoisotopic (exact) mass is 260 g/mol. The molecule has 0 N–H and O–H groups in total. The van der Waals surface area contributed by atoms with Crippen LogP contribution >= 0.6 is 0 Å². The van der Waals surface area contributed by atoms with Gasteiger partial charge >= 0.3 is 0 Å². The first kappa shape index (κ1) is 13.5. The average Bonchev–Trinajstić information content (AvgIpc) is 2.52. The maximum absolute atomic E-state index is 11.6. The van der Waals surface area contributed by atoms with E-state index in [2.05, 4.69) is 23.7 Å². The van der Waals surface area contributed by atoms with E-state index < -0.39 is 0 Å². The van der Waals surface area contributed by atoms with Crippen LogP contribution in [0.25, 0.3) is 0 Å². The van der Waals surface area contributed by atoms with Crippen LogP contribution < -0.4 is 4.74 Å². The highest BCUT2D eigenvalue weighted by Gasteiger charge is 1.98. The molecule has 2 aromatic rings. The number of para-hydroxylation sites is 1. The summed E-state index contributed by atoms with van der Waals surface area (Å²) in [6.45, 7) is 0.248. The smallest absolute Gasteiger partial charge is 0.236 e. The number of carbonyl (C=O) groups excluding carboxylic acids is 1. The molecule has 0 saturated heterocycles. The molecule has 0 heterocycles. The van der Waals surface area contributed by atoms with Crippen molar-refractivity contribution in [3.8, 4) is 29.4 Å². The van der Waals surface area contributed by atoms with Gasteiger partial charge in [-0.25, -0.2) is 0 Å². The summed E-state index contributed by atoms with van der Waals surface area (Å²) in [6, 6.07) is 18.3. The van der Waals surface area contributed by atoms with E-state index >= 15 is 0 Å². The molecule has 0 aliphatic carbocycles. The highest BCUT2D eigenvalue weighted by molar-refractivity contribution is 6.09. The molecule has 0 aromatic heterocycles. The lowest BCUT2D eigenvalue weighted by molar-refractivity contribution is 0.105. The first-order valence-electron chi connectivity index (χ1n) is 6.12. The molecule has 2 rings (SSSR count). The van der Waals surface area contributed by atoms with Crippen molar-refractivity contribution in [1.29, 1.82) is 0 Å². The van der Waals surface area contributed by atoms with Crippen LogP contribution in [0.2, 0.25) is 0 Å². The van der Waals surface area contributed by atoms with E-state index in [1.54, 1.807) is 24.3 Å². The maximum atomic E-state index is 11.6. The largest absolute Gasteiger partial charge is 0.481 e. The molecule has 0 unspecified atom stereocenters. The van der Waals surface area contributed by atoms with Crippen LogP contribution in [0, 0.1) is 23.7 Å². The molecule has 0 amide bonds. The van der Waals surface area contributed by atoms with Crippen molar-refractivity contribution < 1.29 is 9.53 Å². The summed E-state index contributed by atoms with van der Waals surface area (Å²) < 4.78 is 5.37. The van der Waals surface area contributed by atoms with E-state index in [-0.39, 0.29) is 12.4 Å². The zero-order chi connectivity index (χ0) is 14.0. The minimum atomic E-state index is -0.233. The van der Waals surface area contributed by atoms with Gasteiger partial charge in [0.25, 0.3) is 0 Å². The summed E-state index contributed by atoms with van der Waals surface area (Å²) in [6.07, 6.45) is 0. The topological polar surface area (TPSA) is 26.3 Å². The van der Waals surface area contributed by atoms with E-state index in [4.69, 9.17) is 4.74 Å². The number of benzene rings is 2. The Kier molecular flexibility index (Phi) is 5.02. The molecule has 0 aliphatic rings. The van der Waals surface area contributed by atoms with Gasteiger partial charge in [-0.1, -0.05) is 48.5 Å². The molecular formula is C18H12O2. The second kappa shape index (κ2) is 7.46. The molecule has 0 fully saturated rings. The molecule has 96 valence electrons. The standard InChI is InChI=1S/C18H12O2/c19-18(16-10-4-1-5-11-16)14-8-3-9-15-20-17-12-6-2-7-13-17/h1-2,4-7,10-13H,15H2. The summed E-state index contributed by atoms with van der Waals surface area (Å²) in [4.78, 5) is 11.6. The predicted octanol–water partition coefficient (Wildman–Crippen LogP) is 2.96. The lowest BCUT2D eigenvalue weighted by atomic mass is 10.1. The fourth-order valence-electron chi connectivity index (χ4n) is 1.47. The highest BCUT2D eigenvalue weighted by Crippen LogP contribution is 2.07. The molecule has 0 aliphatic heterocycles. The van der Waals surface area contributed by atoms with Gasteiger partial charge < -0.3 is 4.74 Å². The Morgan fingerprint density at radius 2 is 1.55 bits per heavy atom. The quantitative estimate of drug-likeness (QED) is 0.482. The van der Waals surface area contributed by atoms with Crippen LogP contribution in [0.1, 0.15) is 10.4 Å². The summed E-state index contributed by atoms with van der Waals surface area (Å²) in [5.41, 5.74) is 0.572. The Morgan fingerprint density at radius 1 is 0.900 bits per heavy atom. The van der Waals surface area contributed by atoms with Crippen molar-refractivity contribution in [3.63, 3.8) is 0 Å². The molecule has 0 atom stereocenters. The normalized spacial score (nSPS) is 8.60. The number of ether oxygens (including phenoxy) is 1. The minimum Gasteiger partial charge on any atom is -0.481 e. The fourth-order valence-corrected chi connectivity index (χ4v) is 1.47. The number of rotatable bonds is 3. The van der Waals surface area contributed by atoms with Crippen molar-refractivity contribution >= 4 is 5.78 Å². The van der Waals surface area contributed by atoms with Gasteiger partial charge in [-0.2, -0.15) is 0 Å². The Labute approximate surface area is 118 Å². The lowest BCUT2D eigenvalue weighted by Crippen LogP contribution is -1.94. The van der Waals surface area contributed by atoms with Gasteiger partial charge in [-0.05, 0) is 35.8 Å². The third-order valence-electron chi connectivity index (χ3n) is 2.42. The molecular weight excluding hydrogens is 248 g/mol. The van der Waals surface area contributed by atoms with E-state index in [1.807, 2.05) is 36.4 Å². The zero-order valence-corrected chi connectivity index (χ0v) is 10.8. The first-order chi connectivity index (χ1) is 9.86. The number of Topliss-reactive ketones (excluding diaryl/α,β-unsaturated/α-hetero) is 1. The van der Waals surface area contributed by atoms with Crippen molar-refractivity contribution in [3.05, 3.63) is 66.2 Å². The Hall–Kier alpha value is -2.97. The average molecular weight is 260 g/mol. The number of ketones is 1. The third-order valence-corrected chi connectivity index (χ3v) is 2.42. The van der Waals surface area contributed by atoms with Crippen LogP contribution in [0.15, 0.2) is 60.7 Å². The second-order valence-corrected chi connectivity index (χ2v) is 3.85. The van der Waals surface area contributed by atoms with Crippen LogP contribution in [-0.2, 0) is 0 Å². The van der Waals surface area contributed by atoms with Crippen LogP contribution in [0.4, 0.5) is 0 Å². The summed E-state index contributed by atoms with van der Waals surface area (Å²) in [5, 5.41) is 0. The lowest BCUT2D eigenvalue weighted by Gasteiger charge is -1.98. The second-order valence-electron chi connectivity index (χ2n) is 3.85. The summed E-state index contributed by atoms with van der Waals surface area (Å²) in [7, 11) is 0. The Morgan fingerprint density at radius 3 is 2.25 bits per heavy atom. The van der Waals surface area contributed by atoms with Gasteiger partial charge in [-0.15, -0.1) is 0 Å². The number of hydrogen-bond donors (Lipinski definition) is 0. The SMILES string of the molecule is O=C(C#CC#CCOc1ccccc1)c1ccccc1. The summed E-state index contributed by atoms with van der Waals surface area (Å²) >= 11 is 0. The van der Waals surface area contributed by atoms with Gasteiger partial charge in [0.05, 0.1) is 0 Å². The van der Waals surface area contributed by atoms with Gasteiger partial charge in [0.2, 0.25) is 5.78 Å². The Bertz CT molecular complexity index is 680. The molecule has 0 bridgehead atoms. The maximum Gasteiger partial charge on any atom is 0.236 e. The van der Waals surface area contributed by atoms with Gasteiger partial charge in [-0.3, -0.25) is 4.79 Å². The van der Waals surface area contributed by atoms with E-state index in [1.165, 1.54) is 0 Å². The van der Waals surface area contributed by atoms with Crippen LogP contribution in [0.3, 0.4) is 0 Å². The zero-order valence-electron chi connectivity index (χ0n) is 10.8. The molecule has 2 heteroatoms. The molecule has 2 nitrogen and oxygen atoms in total. The third kappa shape index (κ3) is 4.37. The van der Waals surface area contributed by atoms with E-state index in [0.29, 0.717) is 5.56 Å². The minimum absolute atomic E-state index is 0.233. The van der Waals surface area contributed by atoms with Crippen LogP contribution in [0.5, 0.6) is 5.75 Å². The highest BCUT2D eigenvalue weighted by atomic mass is 16.5. The Balaban J connectivity index is 1.83.